The van der Waals surface area contributed by atoms with E-state index >= 15 is 0 Å². The first kappa shape index (κ1) is 28.2. The average Bonchev–Trinajstić information content (AvgIpc) is 3.26. The smallest absolute Gasteiger partial charge is 0.286 e. The molecule has 0 atom stereocenters. The molecule has 2 amide bonds. The van der Waals surface area contributed by atoms with Gasteiger partial charge in [0.2, 0.25) is 11.7 Å². The van der Waals surface area contributed by atoms with Crippen LogP contribution in [0.2, 0.25) is 5.02 Å². The number of fused-ring (bicyclic) bond motifs is 1. The first-order chi connectivity index (χ1) is 16.5. The molecule has 0 unspecified atom stereocenters. The van der Waals surface area contributed by atoms with Crippen molar-refractivity contribution < 1.29 is 18.7 Å². The maximum atomic E-state index is 14.0. The average molecular weight is 556 g/mol. The van der Waals surface area contributed by atoms with E-state index < -0.39 is 5.91 Å². The third-order valence-corrected chi connectivity index (χ3v) is 7.01. The molecule has 2 aromatic heterocycles. The van der Waals surface area contributed by atoms with Gasteiger partial charge >= 0.3 is 0 Å². The van der Waals surface area contributed by atoms with Gasteiger partial charge in [0.15, 0.2) is 0 Å². The lowest BCUT2D eigenvalue weighted by Crippen LogP contribution is -2.46. The Kier molecular flexibility index (Phi) is 9.60. The van der Waals surface area contributed by atoms with Crippen molar-refractivity contribution in [1.82, 2.24) is 9.88 Å². The van der Waals surface area contributed by atoms with Gasteiger partial charge in [0.25, 0.3) is 5.91 Å². The quantitative estimate of drug-likeness (QED) is 0.476. The third kappa shape index (κ3) is 5.63. The van der Waals surface area contributed by atoms with Crippen LogP contribution in [-0.2, 0) is 9.53 Å². The molecule has 1 aliphatic carbocycles. The zero-order chi connectivity index (χ0) is 23.7. The normalized spacial score (nSPS) is 20.2. The summed E-state index contributed by atoms with van der Waals surface area (Å²) in [7, 11) is 0. The summed E-state index contributed by atoms with van der Waals surface area (Å²) < 4.78 is 11.3. The van der Waals surface area contributed by atoms with Gasteiger partial charge in [-0.2, -0.15) is 0 Å². The molecule has 2 N–H and O–H groups in total. The van der Waals surface area contributed by atoms with Crippen molar-refractivity contribution in [2.75, 3.05) is 31.2 Å². The molecule has 2 fully saturated rings. The van der Waals surface area contributed by atoms with Crippen molar-refractivity contribution in [1.29, 1.82) is 0 Å². The van der Waals surface area contributed by atoms with E-state index in [1.54, 1.807) is 24.3 Å². The number of hydrogen-bond acceptors (Lipinski definition) is 6. The van der Waals surface area contributed by atoms with Crippen LogP contribution in [0, 0.1) is 5.92 Å². The highest BCUT2D eigenvalue weighted by atomic mass is 35.5. The minimum atomic E-state index is -0.742. The molecule has 1 aromatic carbocycles. The van der Waals surface area contributed by atoms with E-state index in [1.165, 1.54) is 11.1 Å². The number of primary amides is 1. The summed E-state index contributed by atoms with van der Waals surface area (Å²) in [6.45, 7) is 3.40. The Morgan fingerprint density at radius 1 is 1.03 bits per heavy atom. The first-order valence-corrected chi connectivity index (χ1v) is 12.0. The van der Waals surface area contributed by atoms with E-state index in [4.69, 9.17) is 26.5 Å². The number of amides is 2. The van der Waals surface area contributed by atoms with Crippen molar-refractivity contribution >= 4 is 70.7 Å². The lowest BCUT2D eigenvalue weighted by atomic mass is 9.84. The van der Waals surface area contributed by atoms with E-state index in [1.807, 2.05) is 12.1 Å². The summed E-state index contributed by atoms with van der Waals surface area (Å²) in [5, 5.41) is 1.08. The summed E-state index contributed by atoms with van der Waals surface area (Å²) in [6.07, 6.45) is 4.87. The summed E-state index contributed by atoms with van der Waals surface area (Å²) in [5.74, 6) is -0.755. The predicted octanol–water partition coefficient (Wildman–Crippen LogP) is 4.98. The van der Waals surface area contributed by atoms with Gasteiger partial charge in [-0.3, -0.25) is 19.4 Å². The molecule has 1 saturated carbocycles. The number of ether oxygens (including phenoxy) is 1. The maximum absolute atomic E-state index is 14.0. The number of aromatic nitrogens is 1. The number of carbonyl (C=O) groups excluding carboxylic acids is 2. The molecule has 0 spiro atoms. The SMILES string of the molecule is Cl.Cl.NC(=O)c1oc2ccccc2c1N(c1ccc(Cl)cn1)C(=O)[C@H]1CC[C@H](N2CCOCC2)CC1. The lowest BCUT2D eigenvalue weighted by molar-refractivity contribution is -0.123. The fraction of sp³-hybridized carbons (Fsp3) is 0.400. The van der Waals surface area contributed by atoms with E-state index in [9.17, 15) is 9.59 Å². The molecule has 3 aromatic rings. The molecule has 36 heavy (non-hydrogen) atoms. The van der Waals surface area contributed by atoms with Gasteiger partial charge in [-0.05, 0) is 49.9 Å². The fourth-order valence-electron chi connectivity index (χ4n) is 5.07. The second-order valence-electron chi connectivity index (χ2n) is 8.80. The summed E-state index contributed by atoms with van der Waals surface area (Å²) in [4.78, 5) is 34.7. The Bertz CT molecular complexity index is 1190. The molecular formula is C25H29Cl3N4O4. The van der Waals surface area contributed by atoms with Gasteiger partial charge in [0, 0.05) is 36.6 Å². The van der Waals surface area contributed by atoms with Crippen LogP contribution in [-0.4, -0.2) is 54.0 Å². The summed E-state index contributed by atoms with van der Waals surface area (Å²) >= 11 is 6.06. The number of hydrogen-bond donors (Lipinski definition) is 1. The Morgan fingerprint density at radius 2 is 1.72 bits per heavy atom. The highest BCUT2D eigenvalue weighted by Crippen LogP contribution is 2.40. The summed E-state index contributed by atoms with van der Waals surface area (Å²) in [5.41, 5.74) is 6.48. The highest BCUT2D eigenvalue weighted by Gasteiger charge is 2.36. The highest BCUT2D eigenvalue weighted by molar-refractivity contribution is 6.30. The Balaban J connectivity index is 0.00000180. The van der Waals surface area contributed by atoms with Crippen LogP contribution in [0.4, 0.5) is 11.5 Å². The van der Waals surface area contributed by atoms with Crippen LogP contribution in [0.3, 0.4) is 0 Å². The van der Waals surface area contributed by atoms with Crippen LogP contribution in [0.25, 0.3) is 11.0 Å². The maximum Gasteiger partial charge on any atom is 0.286 e. The Labute approximate surface area is 226 Å². The second kappa shape index (κ2) is 12.3. The van der Waals surface area contributed by atoms with E-state index in [0.29, 0.717) is 33.5 Å². The molecule has 8 nitrogen and oxygen atoms in total. The molecule has 1 aliphatic heterocycles. The van der Waals surface area contributed by atoms with Crippen LogP contribution >= 0.6 is 36.4 Å². The van der Waals surface area contributed by atoms with Crippen molar-refractivity contribution in [2.24, 2.45) is 11.7 Å². The van der Waals surface area contributed by atoms with Gasteiger partial charge in [-0.1, -0.05) is 23.7 Å². The molecular weight excluding hydrogens is 527 g/mol. The molecule has 11 heteroatoms. The van der Waals surface area contributed by atoms with Crippen molar-refractivity contribution in [3.8, 4) is 0 Å². The van der Waals surface area contributed by atoms with Crippen molar-refractivity contribution in [3.05, 3.63) is 53.4 Å². The minimum absolute atomic E-state index is 0. The fourth-order valence-corrected chi connectivity index (χ4v) is 5.18. The van der Waals surface area contributed by atoms with Crippen LogP contribution in [0.5, 0.6) is 0 Å². The molecule has 1 saturated heterocycles. The lowest BCUT2D eigenvalue weighted by Gasteiger charge is -2.39. The number of carbonyl (C=O) groups is 2. The van der Waals surface area contributed by atoms with Gasteiger partial charge in [0.05, 0.1) is 18.2 Å². The third-order valence-electron chi connectivity index (χ3n) is 6.79. The van der Waals surface area contributed by atoms with Gasteiger partial charge in [-0.25, -0.2) is 4.98 Å². The molecule has 5 rings (SSSR count). The number of nitrogens with zero attached hydrogens (tertiary/aromatic N) is 3. The van der Waals surface area contributed by atoms with Crippen LogP contribution in [0.1, 0.15) is 36.2 Å². The van der Waals surface area contributed by atoms with Crippen molar-refractivity contribution in [2.45, 2.75) is 31.7 Å². The topological polar surface area (TPSA) is 102 Å². The zero-order valence-corrected chi connectivity index (χ0v) is 22.0. The largest absolute Gasteiger partial charge is 0.449 e. The van der Waals surface area contributed by atoms with Gasteiger partial charge < -0.3 is 14.9 Å². The standard InChI is InChI=1S/C25H27ClN4O4.2ClH/c26-17-7-10-21(28-15-17)30(22-19-3-1-2-4-20(19)34-23(22)24(27)31)25(32)16-5-8-18(9-6-16)29-11-13-33-14-12-29;;/h1-4,7,10,15-16,18H,5-6,8-9,11-14H2,(H2,27,31);2*1H/t16-,18-;;. The number of nitrogens with two attached hydrogens (primary N) is 1. The number of morpholine rings is 1. The zero-order valence-electron chi connectivity index (χ0n) is 19.6. The first-order valence-electron chi connectivity index (χ1n) is 11.6. The molecule has 0 radical (unpaired) electrons. The summed E-state index contributed by atoms with van der Waals surface area (Å²) in [6, 6.07) is 11.0. The van der Waals surface area contributed by atoms with Crippen LogP contribution in [0.15, 0.2) is 47.0 Å². The van der Waals surface area contributed by atoms with Gasteiger partial charge in [0.1, 0.15) is 17.1 Å². The van der Waals surface area contributed by atoms with E-state index in [0.717, 1.165) is 52.0 Å². The molecule has 0 bridgehead atoms. The number of furan rings is 1. The number of anilines is 2. The van der Waals surface area contributed by atoms with Gasteiger partial charge in [-0.15, -0.1) is 24.8 Å². The Morgan fingerprint density at radius 3 is 2.36 bits per heavy atom. The minimum Gasteiger partial charge on any atom is -0.449 e. The molecule has 2 aliphatic rings. The van der Waals surface area contributed by atoms with E-state index in [-0.39, 0.29) is 42.4 Å². The number of halogens is 3. The van der Waals surface area contributed by atoms with Crippen LogP contribution < -0.4 is 10.6 Å². The molecule has 194 valence electrons. The van der Waals surface area contributed by atoms with E-state index in [2.05, 4.69) is 9.88 Å². The second-order valence-corrected chi connectivity index (χ2v) is 9.24. The predicted molar refractivity (Wildman–Crippen MR) is 144 cm³/mol. The number of benzene rings is 1. The molecule has 3 heterocycles. The number of para-hydroxylation sites is 1. The monoisotopic (exact) mass is 554 g/mol. The number of rotatable bonds is 5. The number of pyridine rings is 1. The Hall–Kier alpha value is -2.36. The van der Waals surface area contributed by atoms with Crippen molar-refractivity contribution in [3.63, 3.8) is 0 Å².